The number of ether oxygens (including phenoxy) is 1. The first kappa shape index (κ1) is 9.15. The van der Waals surface area contributed by atoms with Crippen molar-refractivity contribution in [2.24, 2.45) is 5.10 Å². The molecule has 4 nitrogen and oxygen atoms in total. The Morgan fingerprint density at radius 2 is 2.00 bits per heavy atom. The van der Waals surface area contributed by atoms with Gasteiger partial charge < -0.3 is 4.74 Å². The van der Waals surface area contributed by atoms with Gasteiger partial charge in [0, 0.05) is 12.4 Å². The zero-order valence-electron chi connectivity index (χ0n) is 7.97. The Bertz CT molecular complexity index is 293. The van der Waals surface area contributed by atoms with E-state index in [1.54, 1.807) is 12.4 Å². The second-order valence-electron chi connectivity index (χ2n) is 3.09. The van der Waals surface area contributed by atoms with Crippen LogP contribution in [0.5, 0.6) is 0 Å². The summed E-state index contributed by atoms with van der Waals surface area (Å²) < 4.78 is 5.23. The molecule has 0 aromatic carbocycles. The molecule has 1 aromatic heterocycles. The summed E-state index contributed by atoms with van der Waals surface area (Å²) in [5.41, 5.74) is 1.08. The van der Waals surface area contributed by atoms with E-state index in [-0.39, 0.29) is 0 Å². The van der Waals surface area contributed by atoms with Crippen molar-refractivity contribution in [3.05, 3.63) is 30.1 Å². The maximum absolute atomic E-state index is 5.23. The van der Waals surface area contributed by atoms with E-state index < -0.39 is 0 Å². The zero-order chi connectivity index (χ0) is 9.64. The highest BCUT2D eigenvalue weighted by Crippen LogP contribution is 1.98. The van der Waals surface area contributed by atoms with Gasteiger partial charge in [0.05, 0.1) is 32.5 Å². The fourth-order valence-corrected chi connectivity index (χ4v) is 1.27. The van der Waals surface area contributed by atoms with E-state index in [9.17, 15) is 0 Å². The molecule has 0 spiro atoms. The Labute approximate surface area is 83.2 Å². The summed E-state index contributed by atoms with van der Waals surface area (Å²) in [6.45, 7) is 3.30. The zero-order valence-corrected chi connectivity index (χ0v) is 7.97. The van der Waals surface area contributed by atoms with Crippen molar-refractivity contribution in [1.29, 1.82) is 0 Å². The number of rotatable bonds is 2. The molecular weight excluding hydrogens is 178 g/mol. The van der Waals surface area contributed by atoms with Crippen molar-refractivity contribution in [2.75, 3.05) is 26.3 Å². The molecule has 0 aliphatic carbocycles. The second kappa shape index (κ2) is 4.72. The van der Waals surface area contributed by atoms with Crippen LogP contribution in [0.3, 0.4) is 0 Å². The largest absolute Gasteiger partial charge is 0.378 e. The van der Waals surface area contributed by atoms with Crippen molar-refractivity contribution in [3.63, 3.8) is 0 Å². The van der Waals surface area contributed by atoms with Gasteiger partial charge in [0.1, 0.15) is 0 Å². The molecule has 1 saturated heterocycles. The summed E-state index contributed by atoms with van der Waals surface area (Å²) in [4.78, 5) is 3.94. The molecule has 74 valence electrons. The van der Waals surface area contributed by atoms with Crippen LogP contribution in [-0.2, 0) is 4.74 Å². The molecule has 0 unspecified atom stereocenters. The topological polar surface area (TPSA) is 37.7 Å². The van der Waals surface area contributed by atoms with Crippen LogP contribution in [0.4, 0.5) is 0 Å². The number of hydrogen-bond donors (Lipinski definition) is 0. The van der Waals surface area contributed by atoms with Crippen LogP contribution in [0, 0.1) is 0 Å². The average Bonchev–Trinajstić information content (AvgIpc) is 2.29. The average molecular weight is 191 g/mol. The van der Waals surface area contributed by atoms with Gasteiger partial charge in [-0.15, -0.1) is 0 Å². The third-order valence-corrected chi connectivity index (χ3v) is 2.06. The van der Waals surface area contributed by atoms with Gasteiger partial charge in [-0.05, 0) is 17.7 Å². The van der Waals surface area contributed by atoms with Gasteiger partial charge in [-0.3, -0.25) is 9.99 Å². The predicted molar refractivity (Wildman–Crippen MR) is 54.2 cm³/mol. The van der Waals surface area contributed by atoms with Gasteiger partial charge in [-0.1, -0.05) is 0 Å². The number of hydrogen-bond acceptors (Lipinski definition) is 4. The summed E-state index contributed by atoms with van der Waals surface area (Å²) >= 11 is 0. The molecule has 0 bridgehead atoms. The van der Waals surface area contributed by atoms with E-state index in [2.05, 4.69) is 10.1 Å². The lowest BCUT2D eigenvalue weighted by Crippen LogP contribution is -2.32. The Kier molecular flexibility index (Phi) is 3.08. The summed E-state index contributed by atoms with van der Waals surface area (Å²) in [6, 6.07) is 3.87. The van der Waals surface area contributed by atoms with Crippen LogP contribution in [0.2, 0.25) is 0 Å². The minimum Gasteiger partial charge on any atom is -0.378 e. The summed E-state index contributed by atoms with van der Waals surface area (Å²) in [5.74, 6) is 0. The monoisotopic (exact) mass is 191 g/mol. The summed E-state index contributed by atoms with van der Waals surface area (Å²) in [7, 11) is 0. The Morgan fingerprint density at radius 1 is 1.29 bits per heavy atom. The van der Waals surface area contributed by atoms with Crippen LogP contribution >= 0.6 is 0 Å². The highest BCUT2D eigenvalue weighted by Gasteiger charge is 2.05. The molecule has 2 rings (SSSR count). The highest BCUT2D eigenvalue weighted by molar-refractivity contribution is 5.78. The van der Waals surface area contributed by atoms with Gasteiger partial charge in [0.15, 0.2) is 0 Å². The molecule has 0 saturated carbocycles. The van der Waals surface area contributed by atoms with E-state index in [1.807, 2.05) is 23.4 Å². The first-order chi connectivity index (χ1) is 6.95. The van der Waals surface area contributed by atoms with Crippen LogP contribution in [0.25, 0.3) is 0 Å². The van der Waals surface area contributed by atoms with E-state index in [0.29, 0.717) is 0 Å². The second-order valence-corrected chi connectivity index (χ2v) is 3.09. The minimum atomic E-state index is 0.772. The molecule has 1 fully saturated rings. The van der Waals surface area contributed by atoms with Crippen molar-refractivity contribution in [2.45, 2.75) is 0 Å². The SMILES string of the molecule is C(=N\N1CCOCC1)/c1ccncc1. The van der Waals surface area contributed by atoms with E-state index in [1.165, 1.54) is 0 Å². The Morgan fingerprint density at radius 3 is 2.71 bits per heavy atom. The predicted octanol–water partition coefficient (Wildman–Crippen LogP) is 0.748. The van der Waals surface area contributed by atoms with E-state index in [0.717, 1.165) is 31.9 Å². The number of aromatic nitrogens is 1. The minimum absolute atomic E-state index is 0.772. The van der Waals surface area contributed by atoms with Crippen molar-refractivity contribution in [3.8, 4) is 0 Å². The smallest absolute Gasteiger partial charge is 0.0659 e. The van der Waals surface area contributed by atoms with E-state index in [4.69, 9.17) is 4.74 Å². The van der Waals surface area contributed by atoms with Gasteiger partial charge >= 0.3 is 0 Å². The molecule has 2 heterocycles. The quantitative estimate of drug-likeness (QED) is 0.647. The maximum atomic E-state index is 5.23. The lowest BCUT2D eigenvalue weighted by Gasteiger charge is -2.23. The van der Waals surface area contributed by atoms with Gasteiger partial charge in [0.25, 0.3) is 0 Å². The lowest BCUT2D eigenvalue weighted by atomic mass is 10.3. The van der Waals surface area contributed by atoms with Gasteiger partial charge in [0.2, 0.25) is 0 Å². The molecule has 1 aliphatic heterocycles. The lowest BCUT2D eigenvalue weighted by molar-refractivity contribution is 0.0397. The molecule has 0 radical (unpaired) electrons. The molecule has 1 aromatic rings. The summed E-state index contributed by atoms with van der Waals surface area (Å²) in [6.07, 6.45) is 5.38. The van der Waals surface area contributed by atoms with Gasteiger partial charge in [-0.25, -0.2) is 0 Å². The number of pyridine rings is 1. The van der Waals surface area contributed by atoms with Crippen LogP contribution in [0.15, 0.2) is 29.6 Å². The standard InChI is InChI=1S/C10H13N3O/c1-3-11-4-2-10(1)9-12-13-5-7-14-8-6-13/h1-4,9H,5-8H2/b12-9+. The molecule has 4 heteroatoms. The van der Waals surface area contributed by atoms with Crippen LogP contribution in [0.1, 0.15) is 5.56 Å². The highest BCUT2D eigenvalue weighted by atomic mass is 16.5. The van der Waals surface area contributed by atoms with Crippen molar-refractivity contribution in [1.82, 2.24) is 9.99 Å². The van der Waals surface area contributed by atoms with Gasteiger partial charge in [-0.2, -0.15) is 5.10 Å². The molecule has 14 heavy (non-hydrogen) atoms. The van der Waals surface area contributed by atoms with Crippen molar-refractivity contribution < 1.29 is 4.74 Å². The normalized spacial score (nSPS) is 17.6. The Balaban J connectivity index is 1.93. The first-order valence-electron chi connectivity index (χ1n) is 4.72. The number of nitrogens with zero attached hydrogens (tertiary/aromatic N) is 3. The molecular formula is C10H13N3O. The number of morpholine rings is 1. The molecule has 0 amide bonds. The van der Waals surface area contributed by atoms with Crippen LogP contribution in [-0.4, -0.2) is 42.5 Å². The molecule has 0 N–H and O–H groups in total. The molecule has 0 atom stereocenters. The Hall–Kier alpha value is -1.42. The maximum Gasteiger partial charge on any atom is 0.0659 e. The fourth-order valence-electron chi connectivity index (χ4n) is 1.27. The third kappa shape index (κ3) is 2.53. The van der Waals surface area contributed by atoms with Crippen LogP contribution < -0.4 is 0 Å². The van der Waals surface area contributed by atoms with Crippen molar-refractivity contribution >= 4 is 6.21 Å². The van der Waals surface area contributed by atoms with E-state index >= 15 is 0 Å². The molecule has 1 aliphatic rings. The first-order valence-corrected chi connectivity index (χ1v) is 4.72. The fraction of sp³-hybridized carbons (Fsp3) is 0.400. The number of hydrazone groups is 1. The third-order valence-electron chi connectivity index (χ3n) is 2.06. The summed E-state index contributed by atoms with van der Waals surface area (Å²) in [5, 5.41) is 6.37.